The van der Waals surface area contributed by atoms with Crippen LogP contribution in [0.1, 0.15) is 18.2 Å². The Bertz CT molecular complexity index is 516. The zero-order valence-electron chi connectivity index (χ0n) is 10.6. The van der Waals surface area contributed by atoms with Crippen molar-refractivity contribution < 1.29 is 13.9 Å². The Balaban J connectivity index is 1.89. The van der Waals surface area contributed by atoms with Crippen molar-refractivity contribution in [2.24, 2.45) is 0 Å². The second-order valence-corrected chi connectivity index (χ2v) is 4.23. The van der Waals surface area contributed by atoms with Crippen LogP contribution < -0.4 is 9.47 Å². The van der Waals surface area contributed by atoms with Crippen molar-refractivity contribution in [2.45, 2.75) is 19.4 Å². The lowest BCUT2D eigenvalue weighted by molar-refractivity contribution is 0.257. The number of methoxy groups -OCH3 is 1. The average Bonchev–Trinajstić information content (AvgIpc) is 2.91. The van der Waals surface area contributed by atoms with Gasteiger partial charge in [0.1, 0.15) is 11.5 Å². The minimum atomic E-state index is 0.237. The van der Waals surface area contributed by atoms with E-state index in [-0.39, 0.29) is 6.61 Å². The molecule has 0 aliphatic carbocycles. The van der Waals surface area contributed by atoms with Crippen LogP contribution in [0.2, 0.25) is 0 Å². The third kappa shape index (κ3) is 4.13. The topological polar surface area (TPSA) is 57.4 Å². The first kappa shape index (κ1) is 13.7. The molecule has 6 heteroatoms. The molecule has 2 rings (SSSR count). The molecule has 0 N–H and O–H groups in total. The average molecular weight is 283 g/mol. The summed E-state index contributed by atoms with van der Waals surface area (Å²) in [5.41, 5.74) is 0. The lowest BCUT2D eigenvalue weighted by Crippen LogP contribution is -1.96. The smallest absolute Gasteiger partial charge is 0.253 e. The number of rotatable bonds is 7. The maximum Gasteiger partial charge on any atom is 0.253 e. The van der Waals surface area contributed by atoms with Gasteiger partial charge in [0.15, 0.2) is 6.61 Å². The Labute approximate surface area is 116 Å². The van der Waals surface area contributed by atoms with Gasteiger partial charge in [-0.15, -0.1) is 21.8 Å². The quantitative estimate of drug-likeness (QED) is 0.731. The largest absolute Gasteiger partial charge is 0.497 e. The van der Waals surface area contributed by atoms with Crippen LogP contribution in [0.5, 0.6) is 11.5 Å². The standard InChI is InChI=1S/C13H15ClN2O3/c1-17-10-4-2-5-11(8-10)18-9-13-16-15-12(19-13)6-3-7-14/h2,4-5,8H,3,6-7,9H2,1H3. The van der Waals surface area contributed by atoms with Crippen LogP contribution in [0, 0.1) is 0 Å². The molecule has 0 saturated carbocycles. The summed E-state index contributed by atoms with van der Waals surface area (Å²) in [4.78, 5) is 0. The van der Waals surface area contributed by atoms with Gasteiger partial charge in [0.05, 0.1) is 7.11 Å². The van der Waals surface area contributed by atoms with E-state index >= 15 is 0 Å². The third-order valence-corrected chi connectivity index (χ3v) is 2.70. The maximum absolute atomic E-state index is 5.60. The van der Waals surface area contributed by atoms with Crippen molar-refractivity contribution in [3.63, 3.8) is 0 Å². The molecule has 1 aromatic heterocycles. The maximum atomic E-state index is 5.60. The summed E-state index contributed by atoms with van der Waals surface area (Å²) in [6.07, 6.45) is 1.51. The summed E-state index contributed by atoms with van der Waals surface area (Å²) in [5, 5.41) is 7.83. The van der Waals surface area contributed by atoms with E-state index in [1.165, 1.54) is 0 Å². The van der Waals surface area contributed by atoms with Crippen molar-refractivity contribution in [3.05, 3.63) is 36.0 Å². The zero-order valence-corrected chi connectivity index (χ0v) is 11.4. The SMILES string of the molecule is COc1cccc(OCc2nnc(CCCCl)o2)c1. The normalized spacial score (nSPS) is 10.4. The van der Waals surface area contributed by atoms with Crippen LogP contribution in [0.3, 0.4) is 0 Å². The summed E-state index contributed by atoms with van der Waals surface area (Å²) < 4.78 is 16.1. The third-order valence-electron chi connectivity index (χ3n) is 2.44. The summed E-state index contributed by atoms with van der Waals surface area (Å²) in [7, 11) is 1.61. The second kappa shape index (κ2) is 6.99. The number of ether oxygens (including phenoxy) is 2. The van der Waals surface area contributed by atoms with E-state index in [0.29, 0.717) is 29.8 Å². The van der Waals surface area contributed by atoms with Crippen LogP contribution in [0.4, 0.5) is 0 Å². The van der Waals surface area contributed by atoms with Gasteiger partial charge in [-0.2, -0.15) is 0 Å². The highest BCUT2D eigenvalue weighted by atomic mass is 35.5. The Morgan fingerprint density at radius 3 is 2.79 bits per heavy atom. The molecule has 0 atom stereocenters. The molecular weight excluding hydrogens is 268 g/mol. The van der Waals surface area contributed by atoms with Crippen molar-refractivity contribution >= 4 is 11.6 Å². The van der Waals surface area contributed by atoms with E-state index in [1.54, 1.807) is 13.2 Å². The number of benzene rings is 1. The minimum Gasteiger partial charge on any atom is -0.497 e. The van der Waals surface area contributed by atoms with Gasteiger partial charge in [-0.05, 0) is 18.6 Å². The van der Waals surface area contributed by atoms with E-state index in [9.17, 15) is 0 Å². The molecule has 0 saturated heterocycles. The number of alkyl halides is 1. The van der Waals surface area contributed by atoms with Crippen LogP contribution in [-0.2, 0) is 13.0 Å². The molecule has 1 heterocycles. The molecule has 0 aliphatic rings. The Kier molecular flexibility index (Phi) is 5.03. The van der Waals surface area contributed by atoms with Crippen LogP contribution in [-0.4, -0.2) is 23.2 Å². The first-order chi connectivity index (χ1) is 9.31. The van der Waals surface area contributed by atoms with Crippen molar-refractivity contribution in [1.82, 2.24) is 10.2 Å². The minimum absolute atomic E-state index is 0.237. The predicted molar refractivity (Wildman–Crippen MR) is 70.7 cm³/mol. The number of aromatic nitrogens is 2. The zero-order chi connectivity index (χ0) is 13.5. The van der Waals surface area contributed by atoms with Gasteiger partial charge >= 0.3 is 0 Å². The number of aryl methyl sites for hydroxylation is 1. The molecule has 0 spiro atoms. The molecule has 1 aromatic carbocycles. The van der Waals surface area contributed by atoms with Gasteiger partial charge < -0.3 is 13.9 Å². The van der Waals surface area contributed by atoms with Gasteiger partial charge in [-0.25, -0.2) is 0 Å². The number of hydrogen-bond donors (Lipinski definition) is 0. The van der Waals surface area contributed by atoms with Gasteiger partial charge in [0.25, 0.3) is 5.89 Å². The second-order valence-electron chi connectivity index (χ2n) is 3.85. The lowest BCUT2D eigenvalue weighted by atomic mass is 10.3. The Morgan fingerprint density at radius 2 is 2.00 bits per heavy atom. The van der Waals surface area contributed by atoms with E-state index in [4.69, 9.17) is 25.5 Å². The Hall–Kier alpha value is -1.75. The first-order valence-corrected chi connectivity index (χ1v) is 6.49. The summed E-state index contributed by atoms with van der Waals surface area (Å²) in [6.45, 7) is 0.237. The lowest BCUT2D eigenvalue weighted by Gasteiger charge is -2.05. The predicted octanol–water partition coefficient (Wildman–Crippen LogP) is 2.83. The number of nitrogens with zero attached hydrogens (tertiary/aromatic N) is 2. The van der Waals surface area contributed by atoms with Crippen LogP contribution in [0.15, 0.2) is 28.7 Å². The number of halogens is 1. The Morgan fingerprint density at radius 1 is 1.21 bits per heavy atom. The fraction of sp³-hybridized carbons (Fsp3) is 0.385. The molecular formula is C13H15ClN2O3. The molecule has 0 bridgehead atoms. The van der Waals surface area contributed by atoms with Crippen LogP contribution in [0.25, 0.3) is 0 Å². The molecule has 5 nitrogen and oxygen atoms in total. The summed E-state index contributed by atoms with van der Waals surface area (Å²) >= 11 is 5.60. The molecule has 0 radical (unpaired) electrons. The molecule has 102 valence electrons. The summed E-state index contributed by atoms with van der Waals surface area (Å²) in [6, 6.07) is 7.34. The number of hydrogen-bond acceptors (Lipinski definition) is 5. The molecule has 0 aliphatic heterocycles. The van der Waals surface area contributed by atoms with E-state index < -0.39 is 0 Å². The van der Waals surface area contributed by atoms with Gasteiger partial charge in [0, 0.05) is 18.4 Å². The fourth-order valence-electron chi connectivity index (χ4n) is 1.50. The molecule has 2 aromatic rings. The fourth-order valence-corrected chi connectivity index (χ4v) is 1.64. The summed E-state index contributed by atoms with van der Waals surface area (Å²) in [5.74, 6) is 3.06. The van der Waals surface area contributed by atoms with Crippen LogP contribution >= 0.6 is 11.6 Å². The monoisotopic (exact) mass is 282 g/mol. The highest BCUT2D eigenvalue weighted by Crippen LogP contribution is 2.19. The van der Waals surface area contributed by atoms with Crippen molar-refractivity contribution in [3.8, 4) is 11.5 Å². The van der Waals surface area contributed by atoms with Gasteiger partial charge in [-0.1, -0.05) is 6.07 Å². The molecule has 0 fully saturated rings. The van der Waals surface area contributed by atoms with Gasteiger partial charge in [-0.3, -0.25) is 0 Å². The molecule has 0 amide bonds. The van der Waals surface area contributed by atoms with Crippen molar-refractivity contribution in [2.75, 3.05) is 13.0 Å². The van der Waals surface area contributed by atoms with Crippen molar-refractivity contribution in [1.29, 1.82) is 0 Å². The molecule has 19 heavy (non-hydrogen) atoms. The highest BCUT2D eigenvalue weighted by Gasteiger charge is 2.06. The van der Waals surface area contributed by atoms with E-state index in [0.717, 1.165) is 12.2 Å². The first-order valence-electron chi connectivity index (χ1n) is 5.96. The van der Waals surface area contributed by atoms with Gasteiger partial charge in [0.2, 0.25) is 5.89 Å². The molecule has 0 unspecified atom stereocenters. The van der Waals surface area contributed by atoms with E-state index in [1.807, 2.05) is 18.2 Å². The highest BCUT2D eigenvalue weighted by molar-refractivity contribution is 6.17. The van der Waals surface area contributed by atoms with E-state index in [2.05, 4.69) is 10.2 Å².